The Kier molecular flexibility index (Phi) is 3.80. The number of para-hydroxylation sites is 1. The zero-order chi connectivity index (χ0) is 12.3. The number of rotatable bonds is 2. The standard InChI is InChI=1S/C10H9ClF3NO/c1-2-8(16)15-9-6(10(12,13)14)4-3-5-7(9)11/h3-5H,2H2,1H3,(H,15,16). The molecular weight excluding hydrogens is 243 g/mol. The Labute approximate surface area is 95.4 Å². The number of nitrogens with one attached hydrogen (secondary N) is 1. The van der Waals surface area contributed by atoms with E-state index < -0.39 is 17.6 Å². The zero-order valence-electron chi connectivity index (χ0n) is 8.36. The van der Waals surface area contributed by atoms with Crippen LogP contribution < -0.4 is 5.32 Å². The van der Waals surface area contributed by atoms with Crippen LogP contribution in [0, 0.1) is 0 Å². The van der Waals surface area contributed by atoms with E-state index in [-0.39, 0.29) is 17.1 Å². The molecule has 0 aliphatic heterocycles. The van der Waals surface area contributed by atoms with Crippen molar-refractivity contribution < 1.29 is 18.0 Å². The molecule has 0 saturated carbocycles. The molecule has 1 aromatic carbocycles. The molecule has 0 spiro atoms. The lowest BCUT2D eigenvalue weighted by Crippen LogP contribution is -2.15. The van der Waals surface area contributed by atoms with Crippen molar-refractivity contribution in [1.29, 1.82) is 0 Å². The van der Waals surface area contributed by atoms with Gasteiger partial charge in [-0.1, -0.05) is 24.6 Å². The second-order valence-corrected chi connectivity index (χ2v) is 3.47. The van der Waals surface area contributed by atoms with Gasteiger partial charge in [0, 0.05) is 6.42 Å². The summed E-state index contributed by atoms with van der Waals surface area (Å²) in [4.78, 5) is 11.1. The van der Waals surface area contributed by atoms with Gasteiger partial charge in [0.15, 0.2) is 0 Å². The van der Waals surface area contributed by atoms with Crippen LogP contribution in [0.15, 0.2) is 18.2 Å². The van der Waals surface area contributed by atoms with Gasteiger partial charge in [-0.3, -0.25) is 4.79 Å². The molecule has 0 bridgehead atoms. The molecule has 0 radical (unpaired) electrons. The zero-order valence-corrected chi connectivity index (χ0v) is 9.12. The number of carbonyl (C=O) groups excluding carboxylic acids is 1. The largest absolute Gasteiger partial charge is 0.418 e. The first-order chi connectivity index (χ1) is 7.36. The fraction of sp³-hybridized carbons (Fsp3) is 0.300. The van der Waals surface area contributed by atoms with E-state index in [9.17, 15) is 18.0 Å². The Hall–Kier alpha value is -1.23. The van der Waals surface area contributed by atoms with Crippen molar-refractivity contribution in [3.63, 3.8) is 0 Å². The number of hydrogen-bond acceptors (Lipinski definition) is 1. The van der Waals surface area contributed by atoms with E-state index in [0.717, 1.165) is 6.07 Å². The van der Waals surface area contributed by atoms with Crippen LogP contribution in [0.25, 0.3) is 0 Å². The minimum absolute atomic E-state index is 0.0858. The third kappa shape index (κ3) is 2.88. The Morgan fingerprint density at radius 1 is 1.44 bits per heavy atom. The summed E-state index contributed by atoms with van der Waals surface area (Å²) in [6, 6.07) is 3.35. The van der Waals surface area contributed by atoms with Gasteiger partial charge in [0.1, 0.15) is 0 Å². The van der Waals surface area contributed by atoms with Crippen LogP contribution in [-0.4, -0.2) is 5.91 Å². The third-order valence-corrected chi connectivity index (χ3v) is 2.22. The molecule has 0 unspecified atom stereocenters. The highest BCUT2D eigenvalue weighted by molar-refractivity contribution is 6.33. The van der Waals surface area contributed by atoms with Gasteiger partial charge in [-0.15, -0.1) is 0 Å². The summed E-state index contributed by atoms with van der Waals surface area (Å²) in [5.74, 6) is -0.515. The van der Waals surface area contributed by atoms with Crippen LogP contribution in [0.2, 0.25) is 5.02 Å². The van der Waals surface area contributed by atoms with Gasteiger partial charge in [-0.25, -0.2) is 0 Å². The fourth-order valence-corrected chi connectivity index (χ4v) is 1.34. The summed E-state index contributed by atoms with van der Waals surface area (Å²) in [7, 11) is 0. The van der Waals surface area contributed by atoms with E-state index in [2.05, 4.69) is 5.32 Å². The number of halogens is 4. The molecule has 0 aliphatic rings. The minimum Gasteiger partial charge on any atom is -0.324 e. The molecule has 1 rings (SSSR count). The maximum absolute atomic E-state index is 12.6. The molecule has 0 fully saturated rings. The Bertz CT molecular complexity index is 404. The molecule has 0 atom stereocenters. The van der Waals surface area contributed by atoms with Crippen LogP contribution in [0.3, 0.4) is 0 Å². The third-order valence-electron chi connectivity index (χ3n) is 1.90. The summed E-state index contributed by atoms with van der Waals surface area (Å²) in [6.07, 6.45) is -4.45. The van der Waals surface area contributed by atoms with Gasteiger partial charge in [-0.05, 0) is 12.1 Å². The number of alkyl halides is 3. The highest BCUT2D eigenvalue weighted by atomic mass is 35.5. The Balaban J connectivity index is 3.19. The molecule has 0 heterocycles. The lowest BCUT2D eigenvalue weighted by Gasteiger charge is -2.14. The average molecular weight is 252 g/mol. The van der Waals surface area contributed by atoms with Gasteiger partial charge in [-0.2, -0.15) is 13.2 Å². The molecule has 1 aromatic rings. The van der Waals surface area contributed by atoms with Gasteiger partial charge in [0.25, 0.3) is 0 Å². The van der Waals surface area contributed by atoms with Crippen molar-refractivity contribution in [3.8, 4) is 0 Å². The average Bonchev–Trinajstić information content (AvgIpc) is 2.19. The molecular formula is C10H9ClF3NO. The first-order valence-electron chi connectivity index (χ1n) is 4.51. The summed E-state index contributed by atoms with van der Waals surface area (Å²) < 4.78 is 37.7. The van der Waals surface area contributed by atoms with Crippen LogP contribution >= 0.6 is 11.6 Å². The van der Waals surface area contributed by atoms with Gasteiger partial charge < -0.3 is 5.32 Å². The molecule has 1 amide bonds. The maximum atomic E-state index is 12.6. The highest BCUT2D eigenvalue weighted by Gasteiger charge is 2.34. The van der Waals surface area contributed by atoms with E-state index in [1.54, 1.807) is 6.92 Å². The molecule has 2 nitrogen and oxygen atoms in total. The molecule has 0 saturated heterocycles. The van der Waals surface area contributed by atoms with Crippen molar-refractivity contribution in [1.82, 2.24) is 0 Å². The van der Waals surface area contributed by atoms with E-state index in [1.807, 2.05) is 0 Å². The molecule has 0 aliphatic carbocycles. The van der Waals surface area contributed by atoms with Crippen molar-refractivity contribution in [2.24, 2.45) is 0 Å². The summed E-state index contributed by atoms with van der Waals surface area (Å²) in [5, 5.41) is 2.02. The normalized spacial score (nSPS) is 11.3. The van der Waals surface area contributed by atoms with Crippen molar-refractivity contribution in [2.75, 3.05) is 5.32 Å². The van der Waals surface area contributed by atoms with Gasteiger partial charge >= 0.3 is 6.18 Å². The molecule has 88 valence electrons. The predicted molar refractivity (Wildman–Crippen MR) is 55.4 cm³/mol. The van der Waals surface area contributed by atoms with E-state index in [1.165, 1.54) is 12.1 Å². The number of hydrogen-bond donors (Lipinski definition) is 1. The van der Waals surface area contributed by atoms with Crippen LogP contribution in [0.4, 0.5) is 18.9 Å². The van der Waals surface area contributed by atoms with E-state index in [4.69, 9.17) is 11.6 Å². The molecule has 6 heteroatoms. The number of carbonyl (C=O) groups is 1. The monoisotopic (exact) mass is 251 g/mol. The second-order valence-electron chi connectivity index (χ2n) is 3.06. The lowest BCUT2D eigenvalue weighted by atomic mass is 10.1. The second kappa shape index (κ2) is 4.74. The summed E-state index contributed by atoms with van der Waals surface area (Å²) in [6.45, 7) is 1.54. The topological polar surface area (TPSA) is 29.1 Å². The number of benzene rings is 1. The smallest absolute Gasteiger partial charge is 0.324 e. The summed E-state index contributed by atoms with van der Waals surface area (Å²) in [5.41, 5.74) is -1.33. The van der Waals surface area contributed by atoms with E-state index in [0.29, 0.717) is 0 Å². The predicted octanol–water partition coefficient (Wildman–Crippen LogP) is 3.71. The van der Waals surface area contributed by atoms with Gasteiger partial charge in [0.2, 0.25) is 5.91 Å². The SMILES string of the molecule is CCC(=O)Nc1c(Cl)cccc1C(F)(F)F. The molecule has 1 N–H and O–H groups in total. The maximum Gasteiger partial charge on any atom is 0.418 e. The summed E-state index contributed by atoms with van der Waals surface area (Å²) >= 11 is 5.62. The van der Waals surface area contributed by atoms with Crippen molar-refractivity contribution in [2.45, 2.75) is 19.5 Å². The van der Waals surface area contributed by atoms with Gasteiger partial charge in [0.05, 0.1) is 16.3 Å². The van der Waals surface area contributed by atoms with Crippen LogP contribution in [0.5, 0.6) is 0 Å². The van der Waals surface area contributed by atoms with Crippen molar-refractivity contribution in [3.05, 3.63) is 28.8 Å². The first kappa shape index (κ1) is 12.8. The molecule has 0 aromatic heterocycles. The number of amides is 1. The van der Waals surface area contributed by atoms with E-state index >= 15 is 0 Å². The molecule has 16 heavy (non-hydrogen) atoms. The van der Waals surface area contributed by atoms with Crippen LogP contribution in [-0.2, 0) is 11.0 Å². The van der Waals surface area contributed by atoms with Crippen LogP contribution in [0.1, 0.15) is 18.9 Å². The minimum atomic E-state index is -4.54. The Morgan fingerprint density at radius 3 is 2.56 bits per heavy atom. The lowest BCUT2D eigenvalue weighted by molar-refractivity contribution is -0.137. The quantitative estimate of drug-likeness (QED) is 0.853. The highest BCUT2D eigenvalue weighted by Crippen LogP contribution is 2.38. The fourth-order valence-electron chi connectivity index (χ4n) is 1.12. The van der Waals surface area contributed by atoms with Crippen molar-refractivity contribution >= 4 is 23.2 Å². The Morgan fingerprint density at radius 2 is 2.06 bits per heavy atom. The number of anilines is 1. The first-order valence-corrected chi connectivity index (χ1v) is 4.89.